The van der Waals surface area contributed by atoms with Gasteiger partial charge in [0.2, 0.25) is 0 Å². The predicted octanol–water partition coefficient (Wildman–Crippen LogP) is 4.32. The molecule has 1 unspecified atom stereocenters. The zero-order chi connectivity index (χ0) is 14.7. The number of benzene rings is 2. The minimum absolute atomic E-state index is 0.228. The Hall–Kier alpha value is -0.780. The number of ether oxygens (including phenoxy) is 1. The summed E-state index contributed by atoms with van der Waals surface area (Å²) >= 11 is 15.6. The lowest BCUT2D eigenvalue weighted by atomic mass is 9.99. The first-order valence-corrected chi connectivity index (χ1v) is 7.36. The molecule has 2 aromatic rings. The van der Waals surface area contributed by atoms with Gasteiger partial charge in [-0.2, -0.15) is 0 Å². The van der Waals surface area contributed by atoms with E-state index in [-0.39, 0.29) is 6.04 Å². The first-order valence-electron chi connectivity index (χ1n) is 5.81. The van der Waals surface area contributed by atoms with Crippen molar-refractivity contribution in [2.45, 2.75) is 6.04 Å². The van der Waals surface area contributed by atoms with Crippen LogP contribution in [0.5, 0.6) is 5.75 Å². The van der Waals surface area contributed by atoms with E-state index < -0.39 is 0 Å². The molecule has 2 aromatic carbocycles. The molecule has 0 amide bonds. The molecule has 0 bridgehead atoms. The number of hydrazine groups is 1. The van der Waals surface area contributed by atoms with Gasteiger partial charge in [0, 0.05) is 9.50 Å². The van der Waals surface area contributed by atoms with Crippen LogP contribution < -0.4 is 16.0 Å². The van der Waals surface area contributed by atoms with Gasteiger partial charge in [-0.15, -0.1) is 0 Å². The molecule has 0 spiro atoms. The number of hydrogen-bond acceptors (Lipinski definition) is 3. The lowest BCUT2D eigenvalue weighted by molar-refractivity contribution is 0.414. The fourth-order valence-electron chi connectivity index (χ4n) is 1.96. The summed E-state index contributed by atoms with van der Waals surface area (Å²) in [7, 11) is 1.57. The molecule has 0 fully saturated rings. The van der Waals surface area contributed by atoms with Crippen LogP contribution in [-0.4, -0.2) is 7.11 Å². The summed E-state index contributed by atoms with van der Waals surface area (Å²) in [6.45, 7) is 0. The van der Waals surface area contributed by atoms with Crippen molar-refractivity contribution < 1.29 is 4.74 Å². The largest absolute Gasteiger partial charge is 0.495 e. The fourth-order valence-corrected chi connectivity index (χ4v) is 2.81. The lowest BCUT2D eigenvalue weighted by Gasteiger charge is -2.19. The highest BCUT2D eigenvalue weighted by Gasteiger charge is 2.17. The van der Waals surface area contributed by atoms with Crippen LogP contribution in [0.1, 0.15) is 17.2 Å². The monoisotopic (exact) mass is 374 g/mol. The molecule has 0 aliphatic carbocycles. The second kappa shape index (κ2) is 6.78. The van der Waals surface area contributed by atoms with Crippen LogP contribution in [0, 0.1) is 0 Å². The number of hydrogen-bond donors (Lipinski definition) is 2. The van der Waals surface area contributed by atoms with E-state index in [1.165, 1.54) is 0 Å². The van der Waals surface area contributed by atoms with Crippen LogP contribution in [-0.2, 0) is 0 Å². The maximum Gasteiger partial charge on any atom is 0.137 e. The van der Waals surface area contributed by atoms with Crippen molar-refractivity contribution in [2.75, 3.05) is 7.11 Å². The Kier molecular flexibility index (Phi) is 5.29. The van der Waals surface area contributed by atoms with E-state index in [4.69, 9.17) is 33.8 Å². The van der Waals surface area contributed by atoms with Gasteiger partial charge in [0.05, 0.1) is 18.2 Å². The smallest absolute Gasteiger partial charge is 0.137 e. The van der Waals surface area contributed by atoms with Gasteiger partial charge in [0.1, 0.15) is 5.75 Å². The molecule has 3 nitrogen and oxygen atoms in total. The Morgan fingerprint density at radius 2 is 1.95 bits per heavy atom. The van der Waals surface area contributed by atoms with Gasteiger partial charge in [-0.25, -0.2) is 5.43 Å². The van der Waals surface area contributed by atoms with Gasteiger partial charge in [-0.05, 0) is 41.5 Å². The van der Waals surface area contributed by atoms with Crippen LogP contribution in [0.4, 0.5) is 0 Å². The fraction of sp³-hybridized carbons (Fsp3) is 0.143. The van der Waals surface area contributed by atoms with E-state index >= 15 is 0 Å². The molecule has 0 saturated heterocycles. The van der Waals surface area contributed by atoms with Gasteiger partial charge in [0.15, 0.2) is 0 Å². The molecule has 2 rings (SSSR count). The molecule has 20 heavy (non-hydrogen) atoms. The van der Waals surface area contributed by atoms with E-state index in [0.717, 1.165) is 15.6 Å². The molecular weight excluding hydrogens is 363 g/mol. The molecule has 0 radical (unpaired) electrons. The summed E-state index contributed by atoms with van der Waals surface area (Å²) in [5.41, 5.74) is 4.65. The molecular formula is C14H13BrCl2N2O. The summed E-state index contributed by atoms with van der Waals surface area (Å²) in [5.74, 6) is 6.30. The van der Waals surface area contributed by atoms with Crippen molar-refractivity contribution >= 4 is 39.1 Å². The maximum atomic E-state index is 6.05. The van der Waals surface area contributed by atoms with Crippen LogP contribution in [0.3, 0.4) is 0 Å². The number of rotatable bonds is 4. The Bertz CT molecular complexity index is 622. The molecule has 0 aliphatic heterocycles. The predicted molar refractivity (Wildman–Crippen MR) is 86.3 cm³/mol. The molecule has 0 aromatic heterocycles. The highest BCUT2D eigenvalue weighted by atomic mass is 79.9. The van der Waals surface area contributed by atoms with Gasteiger partial charge >= 0.3 is 0 Å². The first kappa shape index (κ1) is 15.6. The Morgan fingerprint density at radius 3 is 2.60 bits per heavy atom. The SMILES string of the molecule is COc1cc(C(NN)c2cc(Cl)ccc2Br)ccc1Cl. The van der Waals surface area contributed by atoms with Gasteiger partial charge < -0.3 is 4.74 Å². The van der Waals surface area contributed by atoms with Crippen molar-refractivity contribution in [3.63, 3.8) is 0 Å². The standard InChI is InChI=1S/C14H13BrCl2N2O/c1-20-13-6-8(2-5-12(13)17)14(19-18)10-7-9(16)3-4-11(10)15/h2-7,14,19H,18H2,1H3. The molecule has 0 saturated carbocycles. The van der Waals surface area contributed by atoms with Crippen LogP contribution in [0.25, 0.3) is 0 Å². The Balaban J connectivity index is 2.49. The molecule has 1 atom stereocenters. The van der Waals surface area contributed by atoms with Crippen molar-refractivity contribution in [1.29, 1.82) is 0 Å². The third kappa shape index (κ3) is 3.27. The summed E-state index contributed by atoms with van der Waals surface area (Å²) in [6.07, 6.45) is 0. The summed E-state index contributed by atoms with van der Waals surface area (Å²) < 4.78 is 6.15. The van der Waals surface area contributed by atoms with Crippen molar-refractivity contribution in [3.8, 4) is 5.75 Å². The number of methoxy groups -OCH3 is 1. The molecule has 106 valence electrons. The van der Waals surface area contributed by atoms with E-state index in [0.29, 0.717) is 15.8 Å². The van der Waals surface area contributed by atoms with Crippen LogP contribution >= 0.6 is 39.1 Å². The second-order valence-electron chi connectivity index (χ2n) is 4.16. The number of nitrogens with two attached hydrogens (primary N) is 1. The van der Waals surface area contributed by atoms with Gasteiger partial charge in [-0.3, -0.25) is 5.84 Å². The Morgan fingerprint density at radius 1 is 1.20 bits per heavy atom. The van der Waals surface area contributed by atoms with Gasteiger partial charge in [-0.1, -0.05) is 45.2 Å². The minimum Gasteiger partial charge on any atom is -0.495 e. The summed E-state index contributed by atoms with van der Waals surface area (Å²) in [6, 6.07) is 10.8. The average Bonchev–Trinajstić information content (AvgIpc) is 2.45. The van der Waals surface area contributed by atoms with Crippen LogP contribution in [0.15, 0.2) is 40.9 Å². The quantitative estimate of drug-likeness (QED) is 0.618. The third-order valence-corrected chi connectivity index (χ3v) is 4.21. The Labute approximate surface area is 136 Å². The highest BCUT2D eigenvalue weighted by Crippen LogP contribution is 2.34. The number of halogens is 3. The summed E-state index contributed by atoms with van der Waals surface area (Å²) in [5, 5.41) is 1.20. The second-order valence-corrected chi connectivity index (χ2v) is 5.86. The van der Waals surface area contributed by atoms with Crippen molar-refractivity contribution in [1.82, 2.24) is 5.43 Å². The molecule has 6 heteroatoms. The van der Waals surface area contributed by atoms with E-state index in [2.05, 4.69) is 21.4 Å². The molecule has 3 N–H and O–H groups in total. The van der Waals surface area contributed by atoms with E-state index in [9.17, 15) is 0 Å². The lowest BCUT2D eigenvalue weighted by Crippen LogP contribution is -2.29. The maximum absolute atomic E-state index is 6.05. The first-order chi connectivity index (χ1) is 9.56. The average molecular weight is 376 g/mol. The van der Waals surface area contributed by atoms with E-state index in [1.807, 2.05) is 30.3 Å². The van der Waals surface area contributed by atoms with Gasteiger partial charge in [0.25, 0.3) is 0 Å². The third-order valence-electron chi connectivity index (χ3n) is 2.94. The zero-order valence-corrected chi connectivity index (χ0v) is 13.8. The highest BCUT2D eigenvalue weighted by molar-refractivity contribution is 9.10. The number of nitrogens with one attached hydrogen (secondary N) is 1. The normalized spacial score (nSPS) is 12.2. The molecule has 0 heterocycles. The van der Waals surface area contributed by atoms with Crippen molar-refractivity contribution in [2.24, 2.45) is 5.84 Å². The minimum atomic E-state index is -0.228. The topological polar surface area (TPSA) is 47.3 Å². The molecule has 0 aliphatic rings. The van der Waals surface area contributed by atoms with Crippen molar-refractivity contribution in [3.05, 3.63) is 62.0 Å². The van der Waals surface area contributed by atoms with E-state index in [1.54, 1.807) is 13.2 Å². The summed E-state index contributed by atoms with van der Waals surface area (Å²) in [4.78, 5) is 0. The zero-order valence-electron chi connectivity index (χ0n) is 10.7. The van der Waals surface area contributed by atoms with Crippen LogP contribution in [0.2, 0.25) is 10.0 Å².